The first kappa shape index (κ1) is 22.0. The summed E-state index contributed by atoms with van der Waals surface area (Å²) in [5.41, 5.74) is 2.33. The van der Waals surface area contributed by atoms with Crippen molar-refractivity contribution in [3.8, 4) is 0 Å². The van der Waals surface area contributed by atoms with Gasteiger partial charge in [0.2, 0.25) is 5.91 Å². The number of carbonyl (C=O) groups excluding carboxylic acids is 3. The molecular formula is C23H26N2O4. The highest BCUT2D eigenvalue weighted by atomic mass is 16.3. The van der Waals surface area contributed by atoms with Gasteiger partial charge in [0, 0.05) is 18.3 Å². The van der Waals surface area contributed by atoms with Gasteiger partial charge in [0.1, 0.15) is 6.23 Å². The molecule has 0 spiro atoms. The lowest BCUT2D eigenvalue weighted by Crippen LogP contribution is -2.24. The molecule has 1 aliphatic rings. The number of hydrogen-bond acceptors (Lipinski definition) is 5. The average molecular weight is 394 g/mol. The predicted octanol–water partition coefficient (Wildman–Crippen LogP) is 3.13. The molecule has 29 heavy (non-hydrogen) atoms. The van der Waals surface area contributed by atoms with Gasteiger partial charge in [0.25, 0.3) is 0 Å². The second-order valence-electron chi connectivity index (χ2n) is 6.84. The fraction of sp³-hybridized carbons (Fsp3) is 0.261. The van der Waals surface area contributed by atoms with Crippen LogP contribution in [-0.4, -0.2) is 28.8 Å². The molecule has 0 aromatic heterocycles. The van der Waals surface area contributed by atoms with Crippen molar-refractivity contribution in [2.75, 3.05) is 5.32 Å². The van der Waals surface area contributed by atoms with Gasteiger partial charge in [0.15, 0.2) is 11.6 Å². The first-order valence-electron chi connectivity index (χ1n) is 9.44. The first-order chi connectivity index (χ1) is 13.8. The van der Waals surface area contributed by atoms with Crippen molar-refractivity contribution in [3.05, 3.63) is 72.0 Å². The lowest BCUT2D eigenvalue weighted by molar-refractivity contribution is -0.122. The Labute approximate surface area is 170 Å². The van der Waals surface area contributed by atoms with Crippen LogP contribution in [0.1, 0.15) is 32.3 Å². The van der Waals surface area contributed by atoms with E-state index in [2.05, 4.69) is 10.6 Å². The molecule has 0 fully saturated rings. The molecule has 0 saturated carbocycles. The third kappa shape index (κ3) is 8.53. The summed E-state index contributed by atoms with van der Waals surface area (Å²) in [5, 5.41) is 14.9. The topological polar surface area (TPSA) is 95.5 Å². The normalized spacial score (nSPS) is 17.2. The van der Waals surface area contributed by atoms with E-state index in [-0.39, 0.29) is 29.8 Å². The molecule has 2 atom stereocenters. The van der Waals surface area contributed by atoms with Crippen LogP contribution in [-0.2, 0) is 14.4 Å². The van der Waals surface area contributed by atoms with E-state index in [1.54, 1.807) is 43.3 Å². The SMILES string of the molecule is CC(=O)Nc1ccc(/C=C/C(=O)CC(=O)/C=C/C2C=CC(NC(C)O)=CC2)cc1. The Balaban J connectivity index is 1.79. The number of aliphatic hydroxyl groups is 1. The number of nitrogens with one attached hydrogen (secondary N) is 2. The molecule has 2 unspecified atom stereocenters. The molecule has 2 rings (SSSR count). The molecule has 1 aromatic rings. The van der Waals surface area contributed by atoms with Crippen LogP contribution in [0.2, 0.25) is 0 Å². The highest BCUT2D eigenvalue weighted by Gasteiger charge is 2.08. The van der Waals surface area contributed by atoms with Crippen LogP contribution in [0.3, 0.4) is 0 Å². The van der Waals surface area contributed by atoms with Gasteiger partial charge >= 0.3 is 0 Å². The highest BCUT2D eigenvalue weighted by molar-refractivity contribution is 6.09. The maximum atomic E-state index is 12.0. The minimum Gasteiger partial charge on any atom is -0.374 e. The summed E-state index contributed by atoms with van der Waals surface area (Å²) in [6, 6.07) is 7.04. The molecule has 0 radical (unpaired) electrons. The fourth-order valence-electron chi connectivity index (χ4n) is 2.72. The van der Waals surface area contributed by atoms with E-state index >= 15 is 0 Å². The average Bonchev–Trinajstić information content (AvgIpc) is 2.66. The van der Waals surface area contributed by atoms with Crippen molar-refractivity contribution in [1.82, 2.24) is 5.32 Å². The van der Waals surface area contributed by atoms with Gasteiger partial charge in [0.05, 0.1) is 6.42 Å². The minimum absolute atomic E-state index is 0.0891. The molecule has 152 valence electrons. The molecule has 1 amide bonds. The summed E-state index contributed by atoms with van der Waals surface area (Å²) in [5.74, 6) is -0.572. The highest BCUT2D eigenvalue weighted by Crippen LogP contribution is 2.16. The number of carbonyl (C=O) groups is 3. The molecule has 0 bridgehead atoms. The zero-order valence-corrected chi connectivity index (χ0v) is 16.6. The van der Waals surface area contributed by atoms with Crippen LogP contribution in [0.4, 0.5) is 5.69 Å². The molecule has 1 aliphatic carbocycles. The summed E-state index contributed by atoms with van der Waals surface area (Å²) < 4.78 is 0. The van der Waals surface area contributed by atoms with Crippen molar-refractivity contribution < 1.29 is 19.5 Å². The Bertz CT molecular complexity index is 861. The van der Waals surface area contributed by atoms with Crippen LogP contribution >= 0.6 is 0 Å². The van der Waals surface area contributed by atoms with E-state index in [1.165, 1.54) is 19.1 Å². The van der Waals surface area contributed by atoms with E-state index in [1.807, 2.05) is 18.2 Å². The van der Waals surface area contributed by atoms with Gasteiger partial charge < -0.3 is 15.7 Å². The van der Waals surface area contributed by atoms with Gasteiger partial charge in [-0.05, 0) is 55.2 Å². The Kier molecular flexibility index (Phi) is 8.30. The number of hydrogen-bond donors (Lipinski definition) is 3. The number of aliphatic hydroxyl groups excluding tert-OH is 1. The monoisotopic (exact) mass is 394 g/mol. The second kappa shape index (κ2) is 10.9. The first-order valence-corrected chi connectivity index (χ1v) is 9.44. The zero-order valence-electron chi connectivity index (χ0n) is 16.6. The molecule has 0 saturated heterocycles. The number of anilines is 1. The number of rotatable bonds is 9. The maximum Gasteiger partial charge on any atom is 0.221 e. The molecule has 0 aliphatic heterocycles. The fourth-order valence-corrected chi connectivity index (χ4v) is 2.72. The Morgan fingerprint density at radius 1 is 1.17 bits per heavy atom. The number of benzene rings is 1. The van der Waals surface area contributed by atoms with Crippen molar-refractivity contribution in [2.24, 2.45) is 5.92 Å². The van der Waals surface area contributed by atoms with Crippen molar-refractivity contribution in [3.63, 3.8) is 0 Å². The predicted molar refractivity (Wildman–Crippen MR) is 114 cm³/mol. The number of allylic oxidation sites excluding steroid dienone is 6. The van der Waals surface area contributed by atoms with Gasteiger partial charge in [-0.2, -0.15) is 0 Å². The van der Waals surface area contributed by atoms with Gasteiger partial charge in [-0.15, -0.1) is 0 Å². The summed E-state index contributed by atoms with van der Waals surface area (Å²) in [4.78, 5) is 35.0. The minimum atomic E-state index is -0.617. The van der Waals surface area contributed by atoms with Gasteiger partial charge in [-0.1, -0.05) is 36.4 Å². The Morgan fingerprint density at radius 2 is 1.86 bits per heavy atom. The lowest BCUT2D eigenvalue weighted by atomic mass is 9.98. The van der Waals surface area contributed by atoms with Crippen LogP contribution < -0.4 is 10.6 Å². The standard InChI is InChI=1S/C23H26N2O4/c1-16(26)24-20-9-3-18(4-10-20)7-13-22(28)15-23(29)14-8-19-5-11-21(12-6-19)25-17(2)27/h3-5,7-14,17,19,25,27H,6,15H2,1-2H3,(H,24,26)/b13-7+,14-8+. The quantitative estimate of drug-likeness (QED) is 0.340. The van der Waals surface area contributed by atoms with E-state index < -0.39 is 6.23 Å². The summed E-state index contributed by atoms with van der Waals surface area (Å²) in [6.45, 7) is 3.08. The van der Waals surface area contributed by atoms with Crippen molar-refractivity contribution >= 4 is 29.2 Å². The van der Waals surface area contributed by atoms with E-state index in [0.29, 0.717) is 5.69 Å². The smallest absolute Gasteiger partial charge is 0.221 e. The van der Waals surface area contributed by atoms with E-state index in [0.717, 1.165) is 17.7 Å². The van der Waals surface area contributed by atoms with Crippen LogP contribution in [0.25, 0.3) is 6.08 Å². The van der Waals surface area contributed by atoms with Gasteiger partial charge in [-0.3, -0.25) is 14.4 Å². The van der Waals surface area contributed by atoms with Crippen molar-refractivity contribution in [2.45, 2.75) is 32.9 Å². The second-order valence-corrected chi connectivity index (χ2v) is 6.84. The maximum absolute atomic E-state index is 12.0. The third-order valence-electron chi connectivity index (χ3n) is 4.08. The summed E-state index contributed by atoms with van der Waals surface area (Å²) in [7, 11) is 0. The van der Waals surface area contributed by atoms with Crippen LogP contribution in [0, 0.1) is 5.92 Å². The Hall–Kier alpha value is -3.25. The van der Waals surface area contributed by atoms with Crippen molar-refractivity contribution in [1.29, 1.82) is 0 Å². The molecule has 0 heterocycles. The Morgan fingerprint density at radius 3 is 2.45 bits per heavy atom. The summed E-state index contributed by atoms with van der Waals surface area (Å²) in [6.07, 6.45) is 11.9. The zero-order chi connectivity index (χ0) is 21.2. The van der Waals surface area contributed by atoms with Crippen LogP contribution in [0.5, 0.6) is 0 Å². The van der Waals surface area contributed by atoms with Gasteiger partial charge in [-0.25, -0.2) is 0 Å². The molecule has 1 aromatic carbocycles. The number of ketones is 2. The molecule has 6 nitrogen and oxygen atoms in total. The molecule has 6 heteroatoms. The molecule has 3 N–H and O–H groups in total. The summed E-state index contributed by atoms with van der Waals surface area (Å²) >= 11 is 0. The third-order valence-corrected chi connectivity index (χ3v) is 4.08. The lowest BCUT2D eigenvalue weighted by Gasteiger charge is -2.16. The van der Waals surface area contributed by atoms with E-state index in [9.17, 15) is 19.5 Å². The largest absolute Gasteiger partial charge is 0.374 e. The van der Waals surface area contributed by atoms with Crippen LogP contribution in [0.15, 0.2) is 66.4 Å². The van der Waals surface area contributed by atoms with E-state index in [4.69, 9.17) is 0 Å². The molecular weight excluding hydrogens is 368 g/mol. The number of amides is 1.